The number of rotatable bonds is 80. The highest BCUT2D eigenvalue weighted by atomic mass is 31.2. The molecular formula is C89H154O16P2. The minimum absolute atomic E-state index is 0.0871. The first kappa shape index (κ1) is 103. The second-order valence-electron chi connectivity index (χ2n) is 28.2. The molecule has 107 heavy (non-hydrogen) atoms. The van der Waals surface area contributed by atoms with Gasteiger partial charge in [0.15, 0.2) is 6.10 Å². The van der Waals surface area contributed by atoms with Crippen LogP contribution in [0.2, 0.25) is 0 Å². The zero-order valence-corrected chi connectivity index (χ0v) is 69.3. The molecule has 0 radical (unpaired) electrons. The number of ether oxygens (including phenoxy) is 3. The third-order valence-electron chi connectivity index (χ3n) is 17.8. The highest BCUT2D eigenvalue weighted by Gasteiger charge is 2.29. The lowest BCUT2D eigenvalue weighted by Crippen LogP contribution is -2.30. The number of carbonyl (C=O) groups excluding carboxylic acids is 3. The molecule has 616 valence electrons. The quantitative estimate of drug-likeness (QED) is 0.0146. The Morgan fingerprint density at radius 3 is 0.822 bits per heavy atom. The van der Waals surface area contributed by atoms with Crippen molar-refractivity contribution in [1.29, 1.82) is 0 Å². The molecule has 0 aliphatic heterocycles. The summed E-state index contributed by atoms with van der Waals surface area (Å²) in [6.07, 6.45) is 99.4. The Morgan fingerprint density at radius 2 is 0.514 bits per heavy atom. The summed E-state index contributed by atoms with van der Waals surface area (Å²) >= 11 is 0. The van der Waals surface area contributed by atoms with Crippen LogP contribution in [-0.4, -0.2) is 95.9 Å². The van der Waals surface area contributed by atoms with Crippen molar-refractivity contribution < 1.29 is 75.8 Å². The number of phosphoric acid groups is 2. The predicted octanol–water partition coefficient (Wildman–Crippen LogP) is 25.4. The maximum Gasteiger partial charge on any atom is 0.472 e. The zero-order chi connectivity index (χ0) is 78.0. The molecule has 5 unspecified atom stereocenters. The van der Waals surface area contributed by atoms with Crippen molar-refractivity contribution in [2.45, 2.75) is 373 Å². The van der Waals surface area contributed by atoms with E-state index in [1.54, 1.807) is 0 Å². The van der Waals surface area contributed by atoms with Crippen LogP contribution in [0.25, 0.3) is 0 Å². The van der Waals surface area contributed by atoms with E-state index in [0.29, 0.717) is 19.3 Å². The van der Waals surface area contributed by atoms with Gasteiger partial charge in [-0.15, -0.1) is 0 Å². The highest BCUT2D eigenvalue weighted by Crippen LogP contribution is 2.45. The molecule has 16 nitrogen and oxygen atoms in total. The summed E-state index contributed by atoms with van der Waals surface area (Å²) < 4.78 is 61.2. The second-order valence-corrected chi connectivity index (χ2v) is 31.2. The molecule has 18 heteroatoms. The molecule has 0 saturated carbocycles. The van der Waals surface area contributed by atoms with Crippen LogP contribution < -0.4 is 0 Å². The minimum Gasteiger partial charge on any atom is -0.463 e. The van der Waals surface area contributed by atoms with Crippen LogP contribution >= 0.6 is 15.6 Å². The van der Waals surface area contributed by atoms with E-state index in [4.69, 9.17) is 32.3 Å². The fourth-order valence-electron chi connectivity index (χ4n) is 11.4. The van der Waals surface area contributed by atoms with E-state index in [1.165, 1.54) is 135 Å². The third-order valence-corrected chi connectivity index (χ3v) is 19.7. The van der Waals surface area contributed by atoms with Gasteiger partial charge < -0.3 is 34.2 Å². The number of carbonyl (C=O) groups is 3. The third kappa shape index (κ3) is 82.5. The molecule has 5 atom stereocenters. The standard InChI is InChI=1S/C89H154O16P2/c1-4-7-10-13-16-19-22-25-27-29-31-33-35-37-39-41-43-45-47-49-51-53-55-58-60-63-66-69-72-75-87(92)99-78-84(90)79-101-106(95,96)102-80-85(91)81-103-107(97,98)104-83-86(105-89(94)77-74-71-68-65-62-57-24-21-18-15-12-9-6-3)82-100-88(93)76-73-70-67-64-61-59-56-54-52-50-48-46-44-42-40-38-36-34-32-30-28-26-23-20-17-14-11-8-5-2/h7,10,12,15-17,19-21,24-28,31-34,37-40,84-86,90-91H,4-6,8-9,11,13-14,18,22-23,29-30,35-36,41-83H2,1-3H3,(H,95,96)(H,97,98)/b10-7-,15-12-,19-16-,20-17-,24-21-,27-25-,28-26-,33-31-,34-32-,39-37-,40-38-. The van der Waals surface area contributed by atoms with Crippen molar-refractivity contribution in [3.63, 3.8) is 0 Å². The minimum atomic E-state index is -4.94. The number of allylic oxidation sites excluding steroid dienone is 22. The van der Waals surface area contributed by atoms with Gasteiger partial charge in [-0.25, -0.2) is 9.13 Å². The van der Waals surface area contributed by atoms with Gasteiger partial charge in [0.25, 0.3) is 0 Å². The van der Waals surface area contributed by atoms with Crippen molar-refractivity contribution in [2.75, 3.05) is 39.6 Å². The number of aliphatic hydroxyl groups is 2. The van der Waals surface area contributed by atoms with Crippen LogP contribution in [0.4, 0.5) is 0 Å². The van der Waals surface area contributed by atoms with Crippen LogP contribution in [0, 0.1) is 0 Å². The monoisotopic (exact) mass is 1540 g/mol. The smallest absolute Gasteiger partial charge is 0.463 e. The van der Waals surface area contributed by atoms with E-state index in [2.05, 4.69) is 154 Å². The van der Waals surface area contributed by atoms with E-state index in [1.807, 2.05) is 0 Å². The van der Waals surface area contributed by atoms with Gasteiger partial charge in [-0.05, 0) is 135 Å². The highest BCUT2D eigenvalue weighted by molar-refractivity contribution is 7.47. The summed E-state index contributed by atoms with van der Waals surface area (Å²) in [5.74, 6) is -1.59. The summed E-state index contributed by atoms with van der Waals surface area (Å²) in [6, 6.07) is 0. The van der Waals surface area contributed by atoms with Crippen molar-refractivity contribution in [2.24, 2.45) is 0 Å². The molecule has 0 amide bonds. The molecule has 4 N–H and O–H groups in total. The van der Waals surface area contributed by atoms with E-state index in [0.717, 1.165) is 161 Å². The maximum absolute atomic E-state index is 13.0. The molecule has 0 aromatic heterocycles. The first-order chi connectivity index (χ1) is 52.2. The van der Waals surface area contributed by atoms with E-state index >= 15 is 0 Å². The topological polar surface area (TPSA) is 231 Å². The number of unbranched alkanes of at least 4 members (excludes halogenated alkanes) is 35. The molecule has 0 aromatic carbocycles. The van der Waals surface area contributed by atoms with E-state index in [-0.39, 0.29) is 19.3 Å². The lowest BCUT2D eigenvalue weighted by atomic mass is 10.0. The van der Waals surface area contributed by atoms with Crippen molar-refractivity contribution in [3.05, 3.63) is 134 Å². The molecule has 0 spiro atoms. The Morgan fingerprint density at radius 1 is 0.271 bits per heavy atom. The van der Waals surface area contributed by atoms with Gasteiger partial charge in [0.05, 0.1) is 26.4 Å². The van der Waals surface area contributed by atoms with Gasteiger partial charge in [0.2, 0.25) is 0 Å². The zero-order valence-electron chi connectivity index (χ0n) is 67.5. The molecule has 0 saturated heterocycles. The lowest BCUT2D eigenvalue weighted by molar-refractivity contribution is -0.161. The second kappa shape index (κ2) is 81.2. The Kier molecular flexibility index (Phi) is 77.9. The SMILES string of the molecule is CC/C=C\C/C=C\C/C=C\C/C=C\C/C=C\CCCCCCCCCCCCCCCC(=O)OCC(O)COP(=O)(O)OCC(O)COP(=O)(O)OCC(COC(=O)CCCCCCCCCCCCCCC/C=C\C/C=C\C/C=C\C/C=C\CCCCC)OC(=O)CCCCCCC/C=C\C/C=C\CCC. The van der Waals surface area contributed by atoms with E-state index < -0.39 is 91.5 Å². The molecule has 0 aliphatic rings. The molecule has 0 bridgehead atoms. The molecule has 0 aliphatic carbocycles. The maximum atomic E-state index is 13.0. The molecule has 0 aromatic rings. The Hall–Kier alpha value is -4.31. The summed E-state index contributed by atoms with van der Waals surface area (Å²) in [5, 5.41) is 20.7. The van der Waals surface area contributed by atoms with Gasteiger partial charge in [-0.2, -0.15) is 0 Å². The van der Waals surface area contributed by atoms with Crippen LogP contribution in [-0.2, 0) is 55.8 Å². The lowest BCUT2D eigenvalue weighted by Gasteiger charge is -2.21. The predicted molar refractivity (Wildman–Crippen MR) is 445 cm³/mol. The van der Waals surface area contributed by atoms with Gasteiger partial charge in [0.1, 0.15) is 25.4 Å². The van der Waals surface area contributed by atoms with Crippen LogP contribution in [0.1, 0.15) is 355 Å². The number of aliphatic hydroxyl groups excluding tert-OH is 2. The first-order valence-corrected chi connectivity index (χ1v) is 45.5. The fourth-order valence-corrected chi connectivity index (χ4v) is 13.0. The average Bonchev–Trinajstić information content (AvgIpc) is 0.909. The number of hydrogen-bond acceptors (Lipinski definition) is 14. The molecular weight excluding hydrogens is 1390 g/mol. The Balaban J connectivity index is 4.47. The van der Waals surface area contributed by atoms with Gasteiger partial charge in [0, 0.05) is 19.3 Å². The van der Waals surface area contributed by atoms with Gasteiger partial charge in [-0.3, -0.25) is 32.5 Å². The molecule has 0 rings (SSSR count). The fraction of sp³-hybridized carbons (Fsp3) is 0.719. The van der Waals surface area contributed by atoms with Crippen molar-refractivity contribution in [3.8, 4) is 0 Å². The van der Waals surface area contributed by atoms with E-state index in [9.17, 15) is 43.5 Å². The molecule has 0 fully saturated rings. The van der Waals surface area contributed by atoms with Gasteiger partial charge >= 0.3 is 33.6 Å². The summed E-state index contributed by atoms with van der Waals surface area (Å²) in [6.45, 7) is 2.49. The Bertz CT molecular complexity index is 2480. The summed E-state index contributed by atoms with van der Waals surface area (Å²) in [4.78, 5) is 58.7. The van der Waals surface area contributed by atoms with Gasteiger partial charge in [-0.1, -0.05) is 334 Å². The summed E-state index contributed by atoms with van der Waals surface area (Å²) in [7, 11) is -9.80. The Labute approximate surface area is 652 Å². The summed E-state index contributed by atoms with van der Waals surface area (Å²) in [5.41, 5.74) is 0. The normalized spacial score (nSPS) is 14.6. The van der Waals surface area contributed by atoms with Crippen molar-refractivity contribution in [1.82, 2.24) is 0 Å². The largest absolute Gasteiger partial charge is 0.472 e. The van der Waals surface area contributed by atoms with Crippen LogP contribution in [0.15, 0.2) is 134 Å². The average molecular weight is 1540 g/mol. The van der Waals surface area contributed by atoms with Crippen LogP contribution in [0.5, 0.6) is 0 Å². The number of hydrogen-bond donors (Lipinski definition) is 4. The van der Waals surface area contributed by atoms with Crippen LogP contribution in [0.3, 0.4) is 0 Å². The number of phosphoric ester groups is 2. The van der Waals surface area contributed by atoms with Crippen molar-refractivity contribution >= 4 is 33.6 Å². The molecule has 0 heterocycles. The number of esters is 3. The first-order valence-electron chi connectivity index (χ1n) is 42.5.